The van der Waals surface area contributed by atoms with Crippen molar-refractivity contribution in [2.24, 2.45) is 0 Å². The summed E-state index contributed by atoms with van der Waals surface area (Å²) in [5.74, 6) is -1.57. The molecule has 0 aliphatic rings. The van der Waals surface area contributed by atoms with Crippen molar-refractivity contribution in [3.63, 3.8) is 0 Å². The second-order valence-corrected chi connectivity index (χ2v) is 7.53. The molecule has 0 radical (unpaired) electrons. The number of phosphoric acid groups is 1. The summed E-state index contributed by atoms with van der Waals surface area (Å²) in [4.78, 5) is 45.9. The molecule has 1 heterocycles. The lowest BCUT2D eigenvalue weighted by Gasteiger charge is -2.08. The lowest BCUT2D eigenvalue weighted by atomic mass is 10.1. The fourth-order valence-electron chi connectivity index (χ4n) is 2.50. The van der Waals surface area contributed by atoms with Crippen LogP contribution in [0.4, 0.5) is 0 Å². The highest BCUT2D eigenvalue weighted by Gasteiger charge is 2.15. The van der Waals surface area contributed by atoms with Gasteiger partial charge >= 0.3 is 13.8 Å². The van der Waals surface area contributed by atoms with Crippen molar-refractivity contribution in [1.29, 1.82) is 0 Å². The minimum absolute atomic E-state index is 0.00761. The quantitative estimate of drug-likeness (QED) is 0.254. The molecule has 0 aliphatic carbocycles. The molecule has 0 saturated carbocycles. The van der Waals surface area contributed by atoms with E-state index in [0.717, 1.165) is 0 Å². The standard InChI is InChI=1S/C18H23N2O9P/c21-15(12-13-5-7-14(8-6-13)29-30(25,26)27)19-11-3-1-2-4-18(24)28-20-16(22)9-10-17(20)23/h5-10,22-23H,1-4,11-12H2,(H,19,21)(H2,25,26,27). The van der Waals surface area contributed by atoms with E-state index < -0.39 is 13.8 Å². The van der Waals surface area contributed by atoms with Crippen molar-refractivity contribution >= 4 is 19.7 Å². The molecule has 1 amide bonds. The van der Waals surface area contributed by atoms with Crippen LogP contribution >= 0.6 is 7.82 Å². The van der Waals surface area contributed by atoms with Gasteiger partial charge in [0, 0.05) is 25.1 Å². The largest absolute Gasteiger partial charge is 0.524 e. The molecule has 1 aromatic carbocycles. The molecule has 0 aliphatic heterocycles. The predicted octanol–water partition coefficient (Wildman–Crippen LogP) is 1.25. The Morgan fingerprint density at radius 1 is 0.967 bits per heavy atom. The van der Waals surface area contributed by atoms with Gasteiger partial charge in [-0.2, -0.15) is 0 Å². The van der Waals surface area contributed by atoms with Gasteiger partial charge in [-0.15, -0.1) is 4.73 Å². The number of carbonyl (C=O) groups excluding carboxylic acids is 2. The predicted molar refractivity (Wildman–Crippen MR) is 104 cm³/mol. The number of unbranched alkanes of at least 4 members (excludes halogenated alkanes) is 2. The molecule has 30 heavy (non-hydrogen) atoms. The molecule has 0 atom stereocenters. The molecule has 5 N–H and O–H groups in total. The zero-order valence-electron chi connectivity index (χ0n) is 15.9. The van der Waals surface area contributed by atoms with Crippen LogP contribution in [0, 0.1) is 0 Å². The van der Waals surface area contributed by atoms with Crippen LogP contribution in [0.3, 0.4) is 0 Å². The molecule has 0 spiro atoms. The zero-order chi connectivity index (χ0) is 22.1. The van der Waals surface area contributed by atoms with E-state index in [2.05, 4.69) is 9.84 Å². The normalized spacial score (nSPS) is 11.1. The van der Waals surface area contributed by atoms with E-state index in [0.29, 0.717) is 36.1 Å². The Bertz CT molecular complexity index is 885. The van der Waals surface area contributed by atoms with E-state index >= 15 is 0 Å². The van der Waals surface area contributed by atoms with Gasteiger partial charge < -0.3 is 24.9 Å². The Morgan fingerprint density at radius 3 is 2.20 bits per heavy atom. The lowest BCUT2D eigenvalue weighted by Crippen LogP contribution is -2.26. The number of hydrogen-bond acceptors (Lipinski definition) is 7. The second-order valence-electron chi connectivity index (χ2n) is 6.37. The number of phosphoric ester groups is 1. The van der Waals surface area contributed by atoms with E-state index in [1.54, 1.807) is 0 Å². The van der Waals surface area contributed by atoms with Gasteiger partial charge in [-0.1, -0.05) is 18.6 Å². The highest BCUT2D eigenvalue weighted by atomic mass is 31.2. The second kappa shape index (κ2) is 10.7. The van der Waals surface area contributed by atoms with E-state index in [-0.39, 0.29) is 36.3 Å². The van der Waals surface area contributed by atoms with Crippen molar-refractivity contribution in [2.45, 2.75) is 32.1 Å². The minimum atomic E-state index is -4.61. The SMILES string of the molecule is O=C(Cc1ccc(OP(=O)(O)O)cc1)NCCCCCC(=O)On1c(O)ccc1O. The number of aromatic nitrogens is 1. The first-order valence-electron chi connectivity index (χ1n) is 9.05. The maximum absolute atomic E-state index is 11.9. The smallest absolute Gasteiger partial charge is 0.492 e. The molecular formula is C18H23N2O9P. The van der Waals surface area contributed by atoms with Gasteiger partial charge in [-0.25, -0.2) is 9.36 Å². The molecule has 0 saturated heterocycles. The molecule has 1 aromatic heterocycles. The van der Waals surface area contributed by atoms with E-state index in [9.17, 15) is 24.4 Å². The summed E-state index contributed by atoms with van der Waals surface area (Å²) in [6.07, 6.45) is 2.01. The maximum Gasteiger partial charge on any atom is 0.524 e. The average Bonchev–Trinajstić information content (AvgIpc) is 2.97. The Hall–Kier alpha value is -3.01. The maximum atomic E-state index is 11.9. The Balaban J connectivity index is 1.59. The van der Waals surface area contributed by atoms with Crippen LogP contribution in [0.5, 0.6) is 17.5 Å². The van der Waals surface area contributed by atoms with Crippen LogP contribution in [-0.2, 0) is 20.6 Å². The van der Waals surface area contributed by atoms with Gasteiger partial charge in [0.25, 0.3) is 0 Å². The third-order valence-electron chi connectivity index (χ3n) is 3.88. The van der Waals surface area contributed by atoms with Gasteiger partial charge in [-0.05, 0) is 30.5 Å². The summed E-state index contributed by atoms with van der Waals surface area (Å²) in [5.41, 5.74) is 0.657. The van der Waals surface area contributed by atoms with E-state index in [1.807, 2.05) is 0 Å². The molecule has 11 nitrogen and oxygen atoms in total. The summed E-state index contributed by atoms with van der Waals surface area (Å²) >= 11 is 0. The number of nitrogens with zero attached hydrogens (tertiary/aromatic N) is 1. The Morgan fingerprint density at radius 2 is 1.60 bits per heavy atom. The average molecular weight is 442 g/mol. The van der Waals surface area contributed by atoms with Crippen molar-refractivity contribution in [2.75, 3.05) is 6.54 Å². The lowest BCUT2D eigenvalue weighted by molar-refractivity contribution is -0.145. The fraction of sp³-hybridized carbons (Fsp3) is 0.333. The summed E-state index contributed by atoms with van der Waals surface area (Å²) in [5, 5.41) is 21.5. The number of aromatic hydroxyl groups is 2. The van der Waals surface area contributed by atoms with Crippen molar-refractivity contribution in [3.05, 3.63) is 42.0 Å². The van der Waals surface area contributed by atoms with Crippen LogP contribution in [0.15, 0.2) is 36.4 Å². The Kier molecular flexibility index (Phi) is 8.28. The van der Waals surface area contributed by atoms with Crippen LogP contribution in [0.2, 0.25) is 0 Å². The van der Waals surface area contributed by atoms with Crippen LogP contribution in [0.25, 0.3) is 0 Å². The molecule has 0 unspecified atom stereocenters. The molecular weight excluding hydrogens is 419 g/mol. The fourth-order valence-corrected chi connectivity index (χ4v) is 2.89. The molecule has 12 heteroatoms. The first-order chi connectivity index (χ1) is 14.1. The van der Waals surface area contributed by atoms with E-state index in [1.165, 1.54) is 36.4 Å². The van der Waals surface area contributed by atoms with Crippen molar-refractivity contribution < 1.29 is 43.5 Å². The van der Waals surface area contributed by atoms with Gasteiger partial charge in [0.15, 0.2) is 0 Å². The summed E-state index contributed by atoms with van der Waals surface area (Å²) in [6.45, 7) is 0.423. The number of rotatable bonds is 11. The van der Waals surface area contributed by atoms with E-state index in [4.69, 9.17) is 14.6 Å². The molecule has 164 valence electrons. The van der Waals surface area contributed by atoms with Gasteiger partial charge in [0.2, 0.25) is 17.7 Å². The van der Waals surface area contributed by atoms with Crippen molar-refractivity contribution in [3.8, 4) is 17.5 Å². The number of nitrogens with one attached hydrogen (secondary N) is 1. The molecule has 0 bridgehead atoms. The number of amides is 1. The third-order valence-corrected chi connectivity index (χ3v) is 4.33. The Labute approximate surface area is 172 Å². The van der Waals surface area contributed by atoms with Gasteiger partial charge in [-0.3, -0.25) is 14.6 Å². The third kappa shape index (κ3) is 8.16. The first-order valence-corrected chi connectivity index (χ1v) is 10.6. The number of carbonyl (C=O) groups is 2. The van der Waals surface area contributed by atoms with Crippen LogP contribution in [-0.4, -0.2) is 43.2 Å². The molecule has 2 aromatic rings. The first kappa shape index (κ1) is 23.3. The van der Waals surface area contributed by atoms with Crippen molar-refractivity contribution in [1.82, 2.24) is 10.0 Å². The number of hydrogen-bond donors (Lipinski definition) is 5. The molecule has 0 fully saturated rings. The number of benzene rings is 1. The summed E-state index contributed by atoms with van der Waals surface area (Å²) < 4.78 is 15.8. The van der Waals surface area contributed by atoms with Crippen LogP contribution < -0.4 is 14.7 Å². The van der Waals surface area contributed by atoms with Gasteiger partial charge in [0.05, 0.1) is 6.42 Å². The monoisotopic (exact) mass is 442 g/mol. The molecule has 2 rings (SSSR count). The summed E-state index contributed by atoms with van der Waals surface area (Å²) in [7, 11) is -4.61. The highest BCUT2D eigenvalue weighted by Crippen LogP contribution is 2.37. The summed E-state index contributed by atoms with van der Waals surface area (Å²) in [6, 6.07) is 8.20. The van der Waals surface area contributed by atoms with Gasteiger partial charge in [0.1, 0.15) is 5.75 Å². The topological polar surface area (TPSA) is 168 Å². The zero-order valence-corrected chi connectivity index (χ0v) is 16.8. The highest BCUT2D eigenvalue weighted by molar-refractivity contribution is 7.46. The van der Waals surface area contributed by atoms with Crippen LogP contribution in [0.1, 0.15) is 31.2 Å². The minimum Gasteiger partial charge on any atom is -0.492 e.